The van der Waals surface area contributed by atoms with E-state index in [1.807, 2.05) is 18.2 Å². The number of hydrogen-bond acceptors (Lipinski definition) is 6. The van der Waals surface area contributed by atoms with Crippen molar-refractivity contribution in [2.45, 2.75) is 38.4 Å². The van der Waals surface area contributed by atoms with Crippen molar-refractivity contribution in [2.75, 3.05) is 46.4 Å². The molecule has 3 rings (SSSR count). The quantitative estimate of drug-likeness (QED) is 0.508. The van der Waals surface area contributed by atoms with Crippen molar-refractivity contribution >= 4 is 27.8 Å². The highest BCUT2D eigenvalue weighted by Gasteiger charge is 2.34. The van der Waals surface area contributed by atoms with E-state index in [1.165, 1.54) is 9.21 Å². The van der Waals surface area contributed by atoms with Crippen LogP contribution in [0.2, 0.25) is 0 Å². The molecule has 0 radical (unpaired) electrons. The summed E-state index contributed by atoms with van der Waals surface area (Å²) >= 11 is 0. The van der Waals surface area contributed by atoms with Gasteiger partial charge in [-0.2, -0.15) is 0 Å². The maximum absolute atomic E-state index is 12.9. The van der Waals surface area contributed by atoms with E-state index >= 15 is 0 Å². The molecule has 2 saturated heterocycles. The van der Waals surface area contributed by atoms with Gasteiger partial charge in [-0.1, -0.05) is 30.3 Å². The summed E-state index contributed by atoms with van der Waals surface area (Å²) < 4.78 is 32.0. The zero-order valence-corrected chi connectivity index (χ0v) is 20.8. The van der Waals surface area contributed by atoms with E-state index in [1.54, 1.807) is 31.0 Å². The van der Waals surface area contributed by atoms with Gasteiger partial charge in [0.2, 0.25) is 21.8 Å². The van der Waals surface area contributed by atoms with Gasteiger partial charge < -0.3 is 14.5 Å². The number of sulfonamides is 1. The summed E-state index contributed by atoms with van der Waals surface area (Å²) in [6.07, 6.45) is 2.02. The minimum atomic E-state index is -3.44. The lowest BCUT2D eigenvalue weighted by Crippen LogP contribution is -2.48. The second-order valence-electron chi connectivity index (χ2n) is 9.02. The standard InChI is InChI=1S/C24H35N3O6S/c1-3-33-24(30)21-9-13-26(14-10-21)22(28)17-25(2)23(29)20-11-15-27(16-12-20)34(31,32)18-19-7-5-4-6-8-19/h4-8,20-21H,3,9-18H2,1-2H3. The first kappa shape index (κ1) is 26.2. The van der Waals surface area contributed by atoms with Crippen molar-refractivity contribution in [1.82, 2.24) is 14.1 Å². The van der Waals surface area contributed by atoms with E-state index in [-0.39, 0.29) is 41.9 Å². The summed E-state index contributed by atoms with van der Waals surface area (Å²) in [6, 6.07) is 9.06. The van der Waals surface area contributed by atoms with Crippen LogP contribution in [0.5, 0.6) is 0 Å². The van der Waals surface area contributed by atoms with Gasteiger partial charge in [-0.15, -0.1) is 0 Å². The molecule has 0 atom stereocenters. The molecular weight excluding hydrogens is 458 g/mol. The Hall–Kier alpha value is -2.46. The molecule has 1 aromatic rings. The number of likely N-dealkylation sites (tertiary alicyclic amines) is 1. The highest BCUT2D eigenvalue weighted by molar-refractivity contribution is 7.88. The molecule has 0 bridgehead atoms. The molecule has 0 aromatic heterocycles. The summed E-state index contributed by atoms with van der Waals surface area (Å²) in [5, 5.41) is 0. The lowest BCUT2D eigenvalue weighted by Gasteiger charge is -2.34. The predicted octanol–water partition coefficient (Wildman–Crippen LogP) is 1.49. The molecule has 2 amide bonds. The number of ether oxygens (including phenoxy) is 1. The van der Waals surface area contributed by atoms with Crippen LogP contribution < -0.4 is 0 Å². The molecule has 10 heteroatoms. The van der Waals surface area contributed by atoms with E-state index in [4.69, 9.17) is 4.74 Å². The molecule has 0 saturated carbocycles. The minimum absolute atomic E-state index is 0.0184. The minimum Gasteiger partial charge on any atom is -0.466 e. The zero-order valence-electron chi connectivity index (χ0n) is 20.0. The van der Waals surface area contributed by atoms with Crippen LogP contribution in [0.1, 0.15) is 38.2 Å². The van der Waals surface area contributed by atoms with Crippen LogP contribution in [0.25, 0.3) is 0 Å². The molecule has 0 aliphatic carbocycles. The average molecular weight is 494 g/mol. The first-order valence-corrected chi connectivity index (χ1v) is 13.5. The van der Waals surface area contributed by atoms with E-state index in [2.05, 4.69) is 0 Å². The number of likely N-dealkylation sites (N-methyl/N-ethyl adjacent to an activating group) is 1. The first-order valence-electron chi connectivity index (χ1n) is 11.9. The lowest BCUT2D eigenvalue weighted by atomic mass is 9.96. The van der Waals surface area contributed by atoms with Crippen molar-refractivity contribution in [2.24, 2.45) is 11.8 Å². The maximum Gasteiger partial charge on any atom is 0.309 e. The molecule has 34 heavy (non-hydrogen) atoms. The molecule has 188 valence electrons. The largest absolute Gasteiger partial charge is 0.466 e. The molecule has 2 aliphatic heterocycles. The van der Waals surface area contributed by atoms with Crippen LogP contribution in [0.3, 0.4) is 0 Å². The Balaban J connectivity index is 1.44. The summed E-state index contributed by atoms with van der Waals surface area (Å²) in [6.45, 7) is 3.66. The fourth-order valence-corrected chi connectivity index (χ4v) is 6.14. The monoisotopic (exact) mass is 493 g/mol. The van der Waals surface area contributed by atoms with E-state index in [0.717, 1.165) is 5.56 Å². The first-order chi connectivity index (χ1) is 16.2. The Morgan fingerprint density at radius 2 is 1.56 bits per heavy atom. The highest BCUT2D eigenvalue weighted by atomic mass is 32.2. The van der Waals surface area contributed by atoms with Gasteiger partial charge in [-0.3, -0.25) is 14.4 Å². The second-order valence-corrected chi connectivity index (χ2v) is 11.0. The Kier molecular flexibility index (Phi) is 9.07. The number of esters is 1. The second kappa shape index (κ2) is 11.8. The fraction of sp³-hybridized carbons (Fsp3) is 0.625. The molecule has 0 unspecified atom stereocenters. The zero-order chi connectivity index (χ0) is 24.7. The Labute approximate surface area is 202 Å². The van der Waals surface area contributed by atoms with Crippen molar-refractivity contribution in [3.05, 3.63) is 35.9 Å². The maximum atomic E-state index is 12.9. The van der Waals surface area contributed by atoms with Crippen LogP contribution >= 0.6 is 0 Å². The number of nitrogens with zero attached hydrogens (tertiary/aromatic N) is 3. The average Bonchev–Trinajstić information content (AvgIpc) is 2.84. The van der Waals surface area contributed by atoms with Crippen LogP contribution in [-0.4, -0.2) is 86.7 Å². The SMILES string of the molecule is CCOC(=O)C1CCN(C(=O)CN(C)C(=O)C2CCN(S(=O)(=O)Cc3ccccc3)CC2)CC1. The van der Waals surface area contributed by atoms with Crippen LogP contribution in [0, 0.1) is 11.8 Å². The third-order valence-electron chi connectivity index (χ3n) is 6.60. The van der Waals surface area contributed by atoms with E-state index in [9.17, 15) is 22.8 Å². The summed E-state index contributed by atoms with van der Waals surface area (Å²) in [7, 11) is -1.82. The molecule has 9 nitrogen and oxygen atoms in total. The van der Waals surface area contributed by atoms with E-state index in [0.29, 0.717) is 58.5 Å². The smallest absolute Gasteiger partial charge is 0.309 e. The molecule has 1 aromatic carbocycles. The van der Waals surface area contributed by atoms with Crippen LogP contribution in [0.15, 0.2) is 30.3 Å². The van der Waals surface area contributed by atoms with Gasteiger partial charge in [-0.05, 0) is 38.2 Å². The van der Waals surface area contributed by atoms with Gasteiger partial charge >= 0.3 is 5.97 Å². The predicted molar refractivity (Wildman–Crippen MR) is 127 cm³/mol. The van der Waals surface area contributed by atoms with Crippen molar-refractivity contribution < 1.29 is 27.5 Å². The van der Waals surface area contributed by atoms with Crippen LogP contribution in [0.4, 0.5) is 0 Å². The van der Waals surface area contributed by atoms with Gasteiger partial charge in [0.25, 0.3) is 0 Å². The number of hydrogen-bond donors (Lipinski definition) is 0. The number of piperidine rings is 2. The van der Waals surface area contributed by atoms with Crippen LogP contribution in [-0.2, 0) is 34.9 Å². The van der Waals surface area contributed by atoms with E-state index < -0.39 is 10.0 Å². The summed E-state index contributed by atoms with van der Waals surface area (Å²) in [4.78, 5) is 40.6. The van der Waals surface area contributed by atoms with Gasteiger partial charge in [0, 0.05) is 39.1 Å². The third-order valence-corrected chi connectivity index (χ3v) is 8.45. The van der Waals surface area contributed by atoms with Crippen molar-refractivity contribution in [1.29, 1.82) is 0 Å². The topological polar surface area (TPSA) is 104 Å². The number of benzene rings is 1. The molecule has 2 heterocycles. The lowest BCUT2D eigenvalue weighted by molar-refractivity contribution is -0.151. The van der Waals surface area contributed by atoms with Gasteiger partial charge in [-0.25, -0.2) is 12.7 Å². The third kappa shape index (κ3) is 6.79. The molecule has 0 N–H and O–H groups in total. The normalized spacial score (nSPS) is 18.5. The highest BCUT2D eigenvalue weighted by Crippen LogP contribution is 2.24. The van der Waals surface area contributed by atoms with Gasteiger partial charge in [0.1, 0.15) is 0 Å². The molecule has 2 aliphatic rings. The molecule has 2 fully saturated rings. The number of rotatable bonds is 8. The number of carbonyl (C=O) groups excluding carboxylic acids is 3. The fourth-order valence-electron chi connectivity index (χ4n) is 4.57. The summed E-state index contributed by atoms with van der Waals surface area (Å²) in [5.74, 6) is -0.995. The van der Waals surface area contributed by atoms with Gasteiger partial charge in [0.05, 0.1) is 24.8 Å². The molecular formula is C24H35N3O6S. The Morgan fingerprint density at radius 1 is 0.971 bits per heavy atom. The number of amides is 2. The summed E-state index contributed by atoms with van der Waals surface area (Å²) in [5.41, 5.74) is 0.741. The Morgan fingerprint density at radius 3 is 2.15 bits per heavy atom. The molecule has 0 spiro atoms. The van der Waals surface area contributed by atoms with Gasteiger partial charge in [0.15, 0.2) is 0 Å². The Bertz CT molecular complexity index is 952. The van der Waals surface area contributed by atoms with Crippen molar-refractivity contribution in [3.63, 3.8) is 0 Å². The van der Waals surface area contributed by atoms with Crippen molar-refractivity contribution in [3.8, 4) is 0 Å². The number of carbonyl (C=O) groups is 3.